The maximum atomic E-state index is 10.7. The molecule has 0 spiro atoms. The summed E-state index contributed by atoms with van der Waals surface area (Å²) in [6.07, 6.45) is 1.70. The number of ether oxygens (including phenoxy) is 1. The number of benzene rings is 1. The van der Waals surface area contributed by atoms with Gasteiger partial charge in [-0.15, -0.1) is 0 Å². The van der Waals surface area contributed by atoms with Crippen LogP contribution in [0.3, 0.4) is 0 Å². The van der Waals surface area contributed by atoms with E-state index in [2.05, 4.69) is 10.3 Å². The van der Waals surface area contributed by atoms with Gasteiger partial charge in [0.25, 0.3) is 5.69 Å². The summed E-state index contributed by atoms with van der Waals surface area (Å²) in [4.78, 5) is 14.4. The Labute approximate surface area is 116 Å². The third kappa shape index (κ3) is 3.68. The molecular weight excluding hydrogens is 258 g/mol. The first-order valence-corrected chi connectivity index (χ1v) is 6.25. The van der Waals surface area contributed by atoms with E-state index in [1.165, 1.54) is 12.1 Å². The molecular formula is C14H15N3O3. The van der Waals surface area contributed by atoms with Crippen LogP contribution in [0.2, 0.25) is 0 Å². The number of nitro groups is 1. The van der Waals surface area contributed by atoms with Crippen molar-refractivity contribution in [3.63, 3.8) is 0 Å². The highest BCUT2D eigenvalue weighted by atomic mass is 16.6. The molecule has 104 valence electrons. The van der Waals surface area contributed by atoms with Crippen LogP contribution in [-0.4, -0.2) is 16.5 Å². The quantitative estimate of drug-likeness (QED) is 0.646. The molecule has 2 aromatic rings. The second-order valence-electron chi connectivity index (χ2n) is 4.11. The maximum Gasteiger partial charge on any atom is 0.273 e. The molecule has 0 saturated carbocycles. The predicted octanol–water partition coefficient (Wildman–Crippen LogP) is 3.00. The van der Waals surface area contributed by atoms with Gasteiger partial charge in [0.15, 0.2) is 0 Å². The summed E-state index contributed by atoms with van der Waals surface area (Å²) in [5, 5.41) is 13.9. The molecule has 6 nitrogen and oxygen atoms in total. The number of pyridine rings is 1. The number of rotatable bonds is 6. The molecule has 0 radical (unpaired) electrons. The molecule has 0 aliphatic heterocycles. The van der Waals surface area contributed by atoms with Gasteiger partial charge in [0, 0.05) is 24.5 Å². The van der Waals surface area contributed by atoms with E-state index < -0.39 is 4.92 Å². The summed E-state index contributed by atoms with van der Waals surface area (Å²) in [5.41, 5.74) is 1.74. The number of anilines is 1. The van der Waals surface area contributed by atoms with Gasteiger partial charge >= 0.3 is 0 Å². The standard InChI is InChI=1S/C14H15N3O3/c1-2-15-11-6-7-16-12(8-11)10-20-14-5-3-4-13(9-14)17(18)19/h3-9H,2,10H2,1H3,(H,15,16). The average Bonchev–Trinajstić information content (AvgIpc) is 2.46. The van der Waals surface area contributed by atoms with Gasteiger partial charge in [-0.05, 0) is 25.1 Å². The largest absolute Gasteiger partial charge is 0.487 e. The number of non-ortho nitro benzene ring substituents is 1. The molecule has 0 amide bonds. The van der Waals surface area contributed by atoms with Crippen LogP contribution in [-0.2, 0) is 6.61 Å². The zero-order valence-electron chi connectivity index (χ0n) is 11.1. The number of hydrogen-bond acceptors (Lipinski definition) is 5. The zero-order valence-corrected chi connectivity index (χ0v) is 11.1. The molecule has 0 fully saturated rings. The molecule has 2 rings (SSSR count). The number of hydrogen-bond donors (Lipinski definition) is 1. The Morgan fingerprint density at radius 2 is 2.20 bits per heavy atom. The summed E-state index contributed by atoms with van der Waals surface area (Å²) in [6, 6.07) is 9.86. The highest BCUT2D eigenvalue weighted by Crippen LogP contribution is 2.20. The summed E-state index contributed by atoms with van der Waals surface area (Å²) in [6.45, 7) is 3.11. The van der Waals surface area contributed by atoms with Crippen molar-refractivity contribution in [3.8, 4) is 5.75 Å². The molecule has 0 aliphatic carbocycles. The second-order valence-corrected chi connectivity index (χ2v) is 4.11. The first kappa shape index (κ1) is 13.8. The molecule has 1 N–H and O–H groups in total. The first-order valence-electron chi connectivity index (χ1n) is 6.25. The molecule has 1 heterocycles. The Morgan fingerprint density at radius 3 is 2.95 bits per heavy atom. The highest BCUT2D eigenvalue weighted by Gasteiger charge is 2.06. The van der Waals surface area contributed by atoms with E-state index in [1.54, 1.807) is 18.3 Å². The summed E-state index contributed by atoms with van der Waals surface area (Å²) >= 11 is 0. The molecule has 0 bridgehead atoms. The fourth-order valence-corrected chi connectivity index (χ4v) is 1.72. The van der Waals surface area contributed by atoms with Crippen molar-refractivity contribution in [1.82, 2.24) is 4.98 Å². The van der Waals surface area contributed by atoms with Crippen molar-refractivity contribution in [1.29, 1.82) is 0 Å². The van der Waals surface area contributed by atoms with Crippen LogP contribution in [0.4, 0.5) is 11.4 Å². The fourth-order valence-electron chi connectivity index (χ4n) is 1.72. The minimum Gasteiger partial charge on any atom is -0.487 e. The van der Waals surface area contributed by atoms with E-state index >= 15 is 0 Å². The van der Waals surface area contributed by atoms with E-state index in [-0.39, 0.29) is 12.3 Å². The van der Waals surface area contributed by atoms with Gasteiger partial charge in [0.05, 0.1) is 16.7 Å². The molecule has 20 heavy (non-hydrogen) atoms. The SMILES string of the molecule is CCNc1ccnc(COc2cccc([N+](=O)[O-])c2)c1. The van der Waals surface area contributed by atoms with E-state index in [4.69, 9.17) is 4.74 Å². The van der Waals surface area contributed by atoms with Crippen LogP contribution in [0, 0.1) is 10.1 Å². The number of nitrogens with one attached hydrogen (secondary N) is 1. The summed E-state index contributed by atoms with van der Waals surface area (Å²) < 4.78 is 5.52. The number of nitro benzene ring substituents is 1. The maximum absolute atomic E-state index is 10.7. The Morgan fingerprint density at radius 1 is 1.35 bits per heavy atom. The van der Waals surface area contributed by atoms with Crippen LogP contribution >= 0.6 is 0 Å². The average molecular weight is 273 g/mol. The molecule has 0 aliphatic rings. The molecule has 0 saturated heterocycles. The van der Waals surface area contributed by atoms with Gasteiger partial charge in [-0.3, -0.25) is 15.1 Å². The molecule has 1 aromatic carbocycles. The van der Waals surface area contributed by atoms with Crippen molar-refractivity contribution in [2.24, 2.45) is 0 Å². The number of aromatic nitrogens is 1. The normalized spacial score (nSPS) is 10.1. The Kier molecular flexibility index (Phi) is 4.49. The third-order valence-corrected chi connectivity index (χ3v) is 2.61. The van der Waals surface area contributed by atoms with Crippen molar-refractivity contribution >= 4 is 11.4 Å². The van der Waals surface area contributed by atoms with Crippen LogP contribution in [0.15, 0.2) is 42.6 Å². The number of nitrogens with zero attached hydrogens (tertiary/aromatic N) is 2. The van der Waals surface area contributed by atoms with Crippen LogP contribution < -0.4 is 10.1 Å². The molecule has 0 atom stereocenters. The lowest BCUT2D eigenvalue weighted by Crippen LogP contribution is -2.01. The molecule has 1 aromatic heterocycles. The Bertz CT molecular complexity index is 602. The van der Waals surface area contributed by atoms with E-state index in [0.717, 1.165) is 17.9 Å². The minimum absolute atomic E-state index is 0.0110. The van der Waals surface area contributed by atoms with Crippen molar-refractivity contribution in [2.45, 2.75) is 13.5 Å². The van der Waals surface area contributed by atoms with Crippen molar-refractivity contribution in [2.75, 3.05) is 11.9 Å². The topological polar surface area (TPSA) is 77.3 Å². The van der Waals surface area contributed by atoms with Crippen LogP contribution in [0.5, 0.6) is 5.75 Å². The van der Waals surface area contributed by atoms with Gasteiger partial charge in [-0.2, -0.15) is 0 Å². The molecule has 0 unspecified atom stereocenters. The zero-order chi connectivity index (χ0) is 14.4. The van der Waals surface area contributed by atoms with E-state index in [9.17, 15) is 10.1 Å². The van der Waals surface area contributed by atoms with Crippen molar-refractivity contribution < 1.29 is 9.66 Å². The van der Waals surface area contributed by atoms with Gasteiger partial charge in [0.1, 0.15) is 12.4 Å². The van der Waals surface area contributed by atoms with E-state index in [1.807, 2.05) is 19.1 Å². The summed E-state index contributed by atoms with van der Waals surface area (Å²) in [5.74, 6) is 0.454. The summed E-state index contributed by atoms with van der Waals surface area (Å²) in [7, 11) is 0. The van der Waals surface area contributed by atoms with Gasteiger partial charge in [-0.1, -0.05) is 6.07 Å². The predicted molar refractivity (Wildman–Crippen MR) is 75.8 cm³/mol. The lowest BCUT2D eigenvalue weighted by atomic mass is 10.3. The first-order chi connectivity index (χ1) is 9.69. The second kappa shape index (κ2) is 6.51. The van der Waals surface area contributed by atoms with E-state index in [0.29, 0.717) is 5.75 Å². The lowest BCUT2D eigenvalue weighted by Gasteiger charge is -2.07. The van der Waals surface area contributed by atoms with Gasteiger partial charge in [0.2, 0.25) is 0 Å². The van der Waals surface area contributed by atoms with Gasteiger partial charge in [-0.25, -0.2) is 0 Å². The van der Waals surface area contributed by atoms with Crippen LogP contribution in [0.1, 0.15) is 12.6 Å². The third-order valence-electron chi connectivity index (χ3n) is 2.61. The van der Waals surface area contributed by atoms with Gasteiger partial charge < -0.3 is 10.1 Å². The lowest BCUT2D eigenvalue weighted by molar-refractivity contribution is -0.384. The fraction of sp³-hybridized carbons (Fsp3) is 0.214. The monoisotopic (exact) mass is 273 g/mol. The highest BCUT2D eigenvalue weighted by molar-refractivity contribution is 5.43. The van der Waals surface area contributed by atoms with Crippen molar-refractivity contribution in [3.05, 3.63) is 58.4 Å². The van der Waals surface area contributed by atoms with Crippen LogP contribution in [0.25, 0.3) is 0 Å². The molecule has 6 heteroatoms. The Balaban J connectivity index is 2.03. The smallest absolute Gasteiger partial charge is 0.273 e. The Hall–Kier alpha value is -2.63. The minimum atomic E-state index is -0.448.